The van der Waals surface area contributed by atoms with E-state index in [9.17, 15) is 9.50 Å². The largest absolute Gasteiger partial charge is 0.507 e. The number of anilines is 1. The smallest absolute Gasteiger partial charge is 0.126 e. The summed E-state index contributed by atoms with van der Waals surface area (Å²) in [5, 5.41) is 13.6. The van der Waals surface area contributed by atoms with E-state index in [0.29, 0.717) is 10.6 Å². The van der Waals surface area contributed by atoms with E-state index in [-0.39, 0.29) is 11.8 Å². The number of phenols is 1. The fourth-order valence-electron chi connectivity index (χ4n) is 1.80. The predicted octanol–water partition coefficient (Wildman–Crippen LogP) is 5.12. The number of phenolic OH excluding ortho intramolecular Hbond substituents is 1. The van der Waals surface area contributed by atoms with Gasteiger partial charge in [0.25, 0.3) is 0 Å². The Balaban J connectivity index is 2.20. The Morgan fingerprint density at radius 1 is 1.26 bits per heavy atom. The number of nitrogens with one attached hydrogen (secondary N) is 1. The van der Waals surface area contributed by atoms with Crippen molar-refractivity contribution in [3.05, 3.63) is 57.3 Å². The van der Waals surface area contributed by atoms with Gasteiger partial charge in [-0.2, -0.15) is 0 Å². The van der Waals surface area contributed by atoms with Crippen LogP contribution in [0.5, 0.6) is 5.75 Å². The first-order valence-electron chi connectivity index (χ1n) is 5.67. The van der Waals surface area contributed by atoms with Crippen molar-refractivity contribution >= 4 is 33.2 Å². The molecular formula is C14H12BrClFNO. The average Bonchev–Trinajstić information content (AvgIpc) is 2.33. The molecule has 0 bridgehead atoms. The van der Waals surface area contributed by atoms with E-state index in [1.807, 2.05) is 19.1 Å². The van der Waals surface area contributed by atoms with Gasteiger partial charge in [0.2, 0.25) is 0 Å². The number of hydrogen-bond donors (Lipinski definition) is 2. The molecule has 2 aromatic carbocycles. The zero-order valence-corrected chi connectivity index (χ0v) is 12.5. The summed E-state index contributed by atoms with van der Waals surface area (Å²) in [6.45, 7) is 1.88. The summed E-state index contributed by atoms with van der Waals surface area (Å²) in [5.41, 5.74) is 1.49. The second-order valence-electron chi connectivity index (χ2n) is 4.20. The average molecular weight is 345 g/mol. The van der Waals surface area contributed by atoms with Crippen LogP contribution in [-0.4, -0.2) is 5.11 Å². The van der Waals surface area contributed by atoms with Gasteiger partial charge in [-0.05, 0) is 47.1 Å². The van der Waals surface area contributed by atoms with Crippen molar-refractivity contribution in [3.8, 4) is 5.75 Å². The summed E-state index contributed by atoms with van der Waals surface area (Å²) in [7, 11) is 0. The van der Waals surface area contributed by atoms with E-state index < -0.39 is 5.82 Å². The van der Waals surface area contributed by atoms with Crippen LogP contribution in [-0.2, 0) is 0 Å². The first-order valence-corrected chi connectivity index (χ1v) is 6.84. The first-order chi connectivity index (χ1) is 8.97. The van der Waals surface area contributed by atoms with E-state index in [4.69, 9.17) is 11.6 Å². The summed E-state index contributed by atoms with van der Waals surface area (Å²) >= 11 is 9.27. The molecule has 0 fully saturated rings. The standard InChI is InChI=1S/C14H12BrClFNO/c1-8(11-4-2-9(17)6-14(11)19)18-10-3-5-13(16)12(15)7-10/h2-8,18-19H,1H3. The molecule has 2 N–H and O–H groups in total. The van der Waals surface area contributed by atoms with Crippen LogP contribution in [0, 0.1) is 5.82 Å². The lowest BCUT2D eigenvalue weighted by Gasteiger charge is -2.17. The maximum Gasteiger partial charge on any atom is 0.126 e. The molecular weight excluding hydrogens is 333 g/mol. The zero-order valence-electron chi connectivity index (χ0n) is 10.1. The minimum Gasteiger partial charge on any atom is -0.507 e. The molecule has 0 radical (unpaired) electrons. The quantitative estimate of drug-likeness (QED) is 0.810. The minimum absolute atomic E-state index is 0.0620. The summed E-state index contributed by atoms with van der Waals surface area (Å²) in [6.07, 6.45) is 0. The lowest BCUT2D eigenvalue weighted by Crippen LogP contribution is -2.07. The third-order valence-electron chi connectivity index (χ3n) is 2.76. The van der Waals surface area contributed by atoms with E-state index in [1.165, 1.54) is 6.07 Å². The SMILES string of the molecule is CC(Nc1ccc(Cl)c(Br)c1)c1ccc(F)cc1O. The molecule has 0 saturated carbocycles. The fraction of sp³-hybridized carbons (Fsp3) is 0.143. The Hall–Kier alpha value is -1.26. The molecule has 0 aromatic heterocycles. The molecule has 5 heteroatoms. The first kappa shape index (κ1) is 14.2. The Morgan fingerprint density at radius 3 is 2.63 bits per heavy atom. The number of hydrogen-bond acceptors (Lipinski definition) is 2. The van der Waals surface area contributed by atoms with Crippen molar-refractivity contribution in [2.24, 2.45) is 0 Å². The van der Waals surface area contributed by atoms with Crippen LogP contribution in [0.2, 0.25) is 5.02 Å². The van der Waals surface area contributed by atoms with Crippen LogP contribution in [0.25, 0.3) is 0 Å². The molecule has 0 aliphatic rings. The molecule has 100 valence electrons. The summed E-state index contributed by atoms with van der Waals surface area (Å²) in [5.74, 6) is -0.518. The van der Waals surface area contributed by atoms with Crippen molar-refractivity contribution in [1.82, 2.24) is 0 Å². The highest BCUT2D eigenvalue weighted by atomic mass is 79.9. The molecule has 0 aliphatic heterocycles. The second-order valence-corrected chi connectivity index (χ2v) is 5.46. The van der Waals surface area contributed by atoms with Crippen LogP contribution in [0.3, 0.4) is 0 Å². The maximum absolute atomic E-state index is 12.9. The van der Waals surface area contributed by atoms with E-state index in [2.05, 4.69) is 21.2 Å². The molecule has 0 spiro atoms. The van der Waals surface area contributed by atoms with Gasteiger partial charge in [0, 0.05) is 21.8 Å². The molecule has 0 saturated heterocycles. The molecule has 19 heavy (non-hydrogen) atoms. The van der Waals surface area contributed by atoms with E-state index >= 15 is 0 Å². The minimum atomic E-state index is -0.456. The van der Waals surface area contributed by atoms with Crippen LogP contribution >= 0.6 is 27.5 Å². The zero-order chi connectivity index (χ0) is 14.0. The molecule has 2 aromatic rings. The van der Waals surface area contributed by atoms with Crippen LogP contribution < -0.4 is 5.32 Å². The second kappa shape index (κ2) is 5.80. The van der Waals surface area contributed by atoms with Gasteiger partial charge in [0.1, 0.15) is 11.6 Å². The topological polar surface area (TPSA) is 32.3 Å². The summed E-state index contributed by atoms with van der Waals surface area (Å²) in [6, 6.07) is 9.28. The monoisotopic (exact) mass is 343 g/mol. The number of rotatable bonds is 3. The highest BCUT2D eigenvalue weighted by molar-refractivity contribution is 9.10. The van der Waals surface area contributed by atoms with Gasteiger partial charge < -0.3 is 10.4 Å². The molecule has 1 atom stereocenters. The molecule has 2 rings (SSSR count). The normalized spacial score (nSPS) is 12.2. The van der Waals surface area contributed by atoms with Crippen molar-refractivity contribution in [1.29, 1.82) is 0 Å². The molecule has 0 aliphatic carbocycles. The lowest BCUT2D eigenvalue weighted by molar-refractivity contribution is 0.459. The highest BCUT2D eigenvalue weighted by Gasteiger charge is 2.11. The van der Waals surface area contributed by atoms with E-state index in [0.717, 1.165) is 16.2 Å². The third kappa shape index (κ3) is 3.39. The van der Waals surface area contributed by atoms with Crippen LogP contribution in [0.15, 0.2) is 40.9 Å². The van der Waals surface area contributed by atoms with Gasteiger partial charge in [0.15, 0.2) is 0 Å². The van der Waals surface area contributed by atoms with Crippen LogP contribution in [0.4, 0.5) is 10.1 Å². The van der Waals surface area contributed by atoms with Crippen molar-refractivity contribution in [2.75, 3.05) is 5.32 Å². The van der Waals surface area contributed by atoms with Gasteiger partial charge in [-0.15, -0.1) is 0 Å². The fourth-order valence-corrected chi connectivity index (χ4v) is 2.29. The van der Waals surface area contributed by atoms with Gasteiger partial charge in [0.05, 0.1) is 11.1 Å². The van der Waals surface area contributed by atoms with Crippen LogP contribution in [0.1, 0.15) is 18.5 Å². The molecule has 0 amide bonds. The van der Waals surface area contributed by atoms with Crippen molar-refractivity contribution in [2.45, 2.75) is 13.0 Å². The van der Waals surface area contributed by atoms with Crippen molar-refractivity contribution < 1.29 is 9.50 Å². The van der Waals surface area contributed by atoms with Gasteiger partial charge in [-0.25, -0.2) is 4.39 Å². The Labute approximate surface area is 124 Å². The predicted molar refractivity (Wildman–Crippen MR) is 79.3 cm³/mol. The lowest BCUT2D eigenvalue weighted by atomic mass is 10.1. The third-order valence-corrected chi connectivity index (χ3v) is 3.98. The Bertz CT molecular complexity index is 606. The molecule has 1 unspecified atom stereocenters. The summed E-state index contributed by atoms with van der Waals surface area (Å²) in [4.78, 5) is 0. The Kier molecular flexibility index (Phi) is 4.32. The Morgan fingerprint density at radius 2 is 2.00 bits per heavy atom. The van der Waals surface area contributed by atoms with E-state index in [1.54, 1.807) is 12.1 Å². The van der Waals surface area contributed by atoms with Crippen molar-refractivity contribution in [3.63, 3.8) is 0 Å². The van der Waals surface area contributed by atoms with Gasteiger partial charge in [-0.3, -0.25) is 0 Å². The number of benzene rings is 2. The highest BCUT2D eigenvalue weighted by Crippen LogP contribution is 2.30. The van der Waals surface area contributed by atoms with Gasteiger partial charge >= 0.3 is 0 Å². The number of aromatic hydroxyl groups is 1. The maximum atomic E-state index is 12.9. The molecule has 2 nitrogen and oxygen atoms in total. The molecule has 0 heterocycles. The summed E-state index contributed by atoms with van der Waals surface area (Å²) < 4.78 is 13.7. The van der Waals surface area contributed by atoms with Gasteiger partial charge in [-0.1, -0.05) is 17.7 Å². The number of halogens is 3.